The number of anilines is 1. The van der Waals surface area contributed by atoms with Crippen molar-refractivity contribution in [3.63, 3.8) is 0 Å². The molecule has 0 aliphatic carbocycles. The van der Waals surface area contributed by atoms with Crippen molar-refractivity contribution in [3.8, 4) is 0 Å². The molecule has 0 amide bonds. The number of aromatic nitrogens is 3. The molecule has 106 valence electrons. The molecular formula is C14H25N5. The largest absolute Gasteiger partial charge is 0.335 e. The van der Waals surface area contributed by atoms with Crippen LogP contribution in [0, 0.1) is 5.92 Å². The average molecular weight is 263 g/mol. The summed E-state index contributed by atoms with van der Waals surface area (Å²) in [6.07, 6.45) is 4.85. The fourth-order valence-electron chi connectivity index (χ4n) is 3.57. The summed E-state index contributed by atoms with van der Waals surface area (Å²) >= 11 is 0. The molecule has 0 radical (unpaired) electrons. The van der Waals surface area contributed by atoms with Crippen LogP contribution in [0.2, 0.25) is 0 Å². The van der Waals surface area contributed by atoms with Crippen molar-refractivity contribution in [1.29, 1.82) is 0 Å². The monoisotopic (exact) mass is 263 g/mol. The van der Waals surface area contributed by atoms with Gasteiger partial charge in [0.15, 0.2) is 0 Å². The van der Waals surface area contributed by atoms with Gasteiger partial charge in [-0.25, -0.2) is 0 Å². The minimum Gasteiger partial charge on any atom is -0.335 e. The molecule has 0 aromatic carbocycles. The van der Waals surface area contributed by atoms with Crippen molar-refractivity contribution < 1.29 is 0 Å². The second-order valence-corrected chi connectivity index (χ2v) is 5.86. The molecule has 1 aromatic rings. The van der Waals surface area contributed by atoms with E-state index < -0.39 is 0 Å². The van der Waals surface area contributed by atoms with Gasteiger partial charge in [-0.15, -0.1) is 5.10 Å². The van der Waals surface area contributed by atoms with Gasteiger partial charge in [-0.05, 0) is 31.6 Å². The Kier molecular flexibility index (Phi) is 3.73. The number of fused-ring (bicyclic) bond motifs is 1. The van der Waals surface area contributed by atoms with Crippen molar-refractivity contribution in [1.82, 2.24) is 20.5 Å². The maximum absolute atomic E-state index is 4.77. The van der Waals surface area contributed by atoms with Gasteiger partial charge in [0.05, 0.1) is 0 Å². The maximum atomic E-state index is 4.77. The van der Waals surface area contributed by atoms with Gasteiger partial charge in [-0.2, -0.15) is 4.98 Å². The first kappa shape index (κ1) is 12.9. The molecule has 5 heteroatoms. The lowest BCUT2D eigenvalue weighted by molar-refractivity contribution is 0.381. The first-order valence-electron chi connectivity index (χ1n) is 7.73. The van der Waals surface area contributed by atoms with E-state index in [0.717, 1.165) is 50.2 Å². The van der Waals surface area contributed by atoms with Gasteiger partial charge in [0.1, 0.15) is 5.82 Å². The molecule has 0 spiro atoms. The summed E-state index contributed by atoms with van der Waals surface area (Å²) in [7, 11) is 0. The second kappa shape index (κ2) is 5.49. The van der Waals surface area contributed by atoms with Crippen molar-refractivity contribution in [3.05, 3.63) is 5.82 Å². The van der Waals surface area contributed by atoms with E-state index in [1.165, 1.54) is 12.8 Å². The van der Waals surface area contributed by atoms with E-state index >= 15 is 0 Å². The number of aromatic amines is 1. The first-order chi connectivity index (χ1) is 9.33. The van der Waals surface area contributed by atoms with Crippen molar-refractivity contribution in [2.75, 3.05) is 24.5 Å². The Bertz CT molecular complexity index is 412. The summed E-state index contributed by atoms with van der Waals surface area (Å²) in [6.45, 7) is 7.77. The van der Waals surface area contributed by atoms with Crippen molar-refractivity contribution in [2.45, 2.75) is 51.5 Å². The standard InChI is InChI=1S/C14H25N5/c1-3-10(4-2)13-16-14(18-17-13)19-7-5-6-11-8-15-9-12(11)19/h10-12,15H,3-9H2,1-2H3,(H,16,17,18). The highest BCUT2D eigenvalue weighted by atomic mass is 15.4. The van der Waals surface area contributed by atoms with E-state index in [1.807, 2.05) is 0 Å². The van der Waals surface area contributed by atoms with Crippen LogP contribution in [0.15, 0.2) is 0 Å². The quantitative estimate of drug-likeness (QED) is 0.871. The highest BCUT2D eigenvalue weighted by Gasteiger charge is 2.36. The molecule has 2 fully saturated rings. The third-order valence-corrected chi connectivity index (χ3v) is 4.80. The predicted molar refractivity (Wildman–Crippen MR) is 76.4 cm³/mol. The molecule has 2 saturated heterocycles. The Balaban J connectivity index is 1.78. The molecule has 3 heterocycles. The van der Waals surface area contributed by atoms with Gasteiger partial charge < -0.3 is 10.2 Å². The Labute approximate surface area is 115 Å². The maximum Gasteiger partial charge on any atom is 0.245 e. The lowest BCUT2D eigenvalue weighted by atomic mass is 9.92. The summed E-state index contributed by atoms with van der Waals surface area (Å²) < 4.78 is 0. The van der Waals surface area contributed by atoms with Crippen LogP contribution in [0.3, 0.4) is 0 Å². The molecule has 1 aromatic heterocycles. The molecule has 2 aliphatic rings. The molecule has 2 aliphatic heterocycles. The summed E-state index contributed by atoms with van der Waals surface area (Å²) in [5, 5.41) is 11.1. The third-order valence-electron chi connectivity index (χ3n) is 4.80. The van der Waals surface area contributed by atoms with Gasteiger partial charge >= 0.3 is 0 Å². The highest BCUT2D eigenvalue weighted by Crippen LogP contribution is 2.30. The SMILES string of the molecule is CCC(CC)c1nc(N2CCCC3CNCC32)n[nH]1. The predicted octanol–water partition coefficient (Wildman–Crippen LogP) is 1.90. The third kappa shape index (κ3) is 2.36. The average Bonchev–Trinajstić information content (AvgIpc) is 3.08. The van der Waals surface area contributed by atoms with E-state index in [2.05, 4.69) is 34.3 Å². The highest BCUT2D eigenvalue weighted by molar-refractivity contribution is 5.33. The minimum absolute atomic E-state index is 0.517. The lowest BCUT2D eigenvalue weighted by Crippen LogP contribution is -2.45. The van der Waals surface area contributed by atoms with Gasteiger partial charge in [0.2, 0.25) is 5.95 Å². The summed E-state index contributed by atoms with van der Waals surface area (Å²) in [5.41, 5.74) is 0. The molecule has 2 atom stereocenters. The van der Waals surface area contributed by atoms with Crippen LogP contribution in [0.5, 0.6) is 0 Å². The van der Waals surface area contributed by atoms with Crippen molar-refractivity contribution in [2.24, 2.45) is 5.92 Å². The van der Waals surface area contributed by atoms with Gasteiger partial charge in [0.25, 0.3) is 0 Å². The smallest absolute Gasteiger partial charge is 0.245 e. The molecule has 0 saturated carbocycles. The second-order valence-electron chi connectivity index (χ2n) is 5.86. The summed E-state index contributed by atoms with van der Waals surface area (Å²) in [4.78, 5) is 7.18. The Morgan fingerprint density at radius 3 is 2.95 bits per heavy atom. The van der Waals surface area contributed by atoms with Crippen LogP contribution in [0.25, 0.3) is 0 Å². The van der Waals surface area contributed by atoms with Gasteiger partial charge in [-0.3, -0.25) is 5.10 Å². The van der Waals surface area contributed by atoms with Crippen LogP contribution in [-0.2, 0) is 0 Å². The molecule has 5 nitrogen and oxygen atoms in total. The van der Waals surface area contributed by atoms with Crippen LogP contribution < -0.4 is 10.2 Å². The van der Waals surface area contributed by atoms with Gasteiger partial charge in [0, 0.05) is 31.6 Å². The zero-order chi connectivity index (χ0) is 13.2. The molecule has 2 N–H and O–H groups in total. The first-order valence-corrected chi connectivity index (χ1v) is 7.73. The number of piperidine rings is 1. The zero-order valence-corrected chi connectivity index (χ0v) is 12.0. The van der Waals surface area contributed by atoms with Crippen LogP contribution in [0.1, 0.15) is 51.3 Å². The number of rotatable bonds is 4. The molecule has 2 unspecified atom stereocenters. The fourth-order valence-corrected chi connectivity index (χ4v) is 3.57. The van der Waals surface area contributed by atoms with Gasteiger partial charge in [-0.1, -0.05) is 13.8 Å². The molecule has 3 rings (SSSR count). The lowest BCUT2D eigenvalue weighted by Gasteiger charge is -2.36. The molecule has 0 bridgehead atoms. The molecular weight excluding hydrogens is 238 g/mol. The van der Waals surface area contributed by atoms with E-state index in [4.69, 9.17) is 4.98 Å². The normalized spacial score (nSPS) is 27.0. The molecule has 19 heavy (non-hydrogen) atoms. The summed E-state index contributed by atoms with van der Waals surface area (Å²) in [5.74, 6) is 3.28. The minimum atomic E-state index is 0.517. The van der Waals surface area contributed by atoms with Crippen molar-refractivity contribution >= 4 is 5.95 Å². The van der Waals surface area contributed by atoms with Crippen LogP contribution in [-0.4, -0.2) is 40.9 Å². The fraction of sp³-hybridized carbons (Fsp3) is 0.857. The summed E-state index contributed by atoms with van der Waals surface area (Å²) in [6, 6.07) is 0.596. The number of hydrogen-bond donors (Lipinski definition) is 2. The number of H-pyrrole nitrogens is 1. The van der Waals surface area contributed by atoms with Crippen LogP contribution >= 0.6 is 0 Å². The number of nitrogens with one attached hydrogen (secondary N) is 2. The number of hydrogen-bond acceptors (Lipinski definition) is 4. The zero-order valence-electron chi connectivity index (χ0n) is 12.0. The Hall–Kier alpha value is -1.10. The topological polar surface area (TPSA) is 56.8 Å². The van der Waals surface area contributed by atoms with Crippen LogP contribution in [0.4, 0.5) is 5.95 Å². The van der Waals surface area contributed by atoms with E-state index in [0.29, 0.717) is 12.0 Å². The Morgan fingerprint density at radius 2 is 2.16 bits per heavy atom. The van der Waals surface area contributed by atoms with E-state index in [-0.39, 0.29) is 0 Å². The number of nitrogens with zero attached hydrogens (tertiary/aromatic N) is 3. The van der Waals surface area contributed by atoms with E-state index in [1.54, 1.807) is 0 Å². The van der Waals surface area contributed by atoms with E-state index in [9.17, 15) is 0 Å². The Morgan fingerprint density at radius 1 is 1.32 bits per heavy atom.